The van der Waals surface area contributed by atoms with Gasteiger partial charge < -0.3 is 5.32 Å². The van der Waals surface area contributed by atoms with Crippen molar-refractivity contribution in [3.05, 3.63) is 21.9 Å². The predicted molar refractivity (Wildman–Crippen MR) is 88.5 cm³/mol. The van der Waals surface area contributed by atoms with Crippen molar-refractivity contribution < 1.29 is 13.2 Å². The zero-order valence-electron chi connectivity index (χ0n) is 12.0. The van der Waals surface area contributed by atoms with Crippen molar-refractivity contribution in [2.45, 2.75) is 13.3 Å². The third-order valence-electron chi connectivity index (χ3n) is 3.18. The Morgan fingerprint density at radius 1 is 1.33 bits per heavy atom. The summed E-state index contributed by atoms with van der Waals surface area (Å²) in [4.78, 5) is 13.9. The molecule has 1 amide bonds. The van der Waals surface area contributed by atoms with E-state index in [-0.39, 0.29) is 18.2 Å². The number of carbonyl (C=O) groups is 1. The molecule has 1 fully saturated rings. The van der Waals surface area contributed by atoms with Crippen LogP contribution in [0.5, 0.6) is 0 Å². The van der Waals surface area contributed by atoms with Gasteiger partial charge in [-0.3, -0.25) is 4.79 Å². The number of nitrogens with zero attached hydrogens (tertiary/aromatic N) is 1. The molecule has 8 heteroatoms. The van der Waals surface area contributed by atoms with E-state index in [4.69, 9.17) is 0 Å². The molecule has 0 aliphatic carbocycles. The van der Waals surface area contributed by atoms with Crippen LogP contribution < -0.4 is 5.32 Å². The highest BCUT2D eigenvalue weighted by atomic mass is 32.2. The minimum Gasteiger partial charge on any atom is -0.355 e. The molecule has 0 unspecified atom stereocenters. The molecule has 2 rings (SSSR count). The molecule has 1 aliphatic heterocycles. The summed E-state index contributed by atoms with van der Waals surface area (Å²) in [7, 11) is -3.24. The van der Waals surface area contributed by atoms with Crippen molar-refractivity contribution in [2.24, 2.45) is 0 Å². The SMILES string of the molecule is Cc1ccc(CC(=O)NCCS(=O)(=O)N2CCSCC2)s1. The van der Waals surface area contributed by atoms with E-state index in [1.807, 2.05) is 19.1 Å². The highest BCUT2D eigenvalue weighted by Gasteiger charge is 2.23. The molecule has 0 radical (unpaired) electrons. The number of nitrogens with one attached hydrogen (secondary N) is 1. The monoisotopic (exact) mass is 348 g/mol. The second-order valence-corrected chi connectivity index (χ2v) is 9.55. The first-order valence-corrected chi connectivity index (χ1v) is 10.4. The van der Waals surface area contributed by atoms with Gasteiger partial charge in [0.05, 0.1) is 12.2 Å². The van der Waals surface area contributed by atoms with Crippen LogP contribution in [0.1, 0.15) is 9.75 Å². The second kappa shape index (κ2) is 7.62. The number of rotatable bonds is 6. The van der Waals surface area contributed by atoms with Crippen LogP contribution in [0.25, 0.3) is 0 Å². The molecule has 1 saturated heterocycles. The molecule has 1 aliphatic rings. The maximum Gasteiger partial charge on any atom is 0.225 e. The lowest BCUT2D eigenvalue weighted by Gasteiger charge is -2.25. The largest absolute Gasteiger partial charge is 0.355 e. The summed E-state index contributed by atoms with van der Waals surface area (Å²) < 4.78 is 25.7. The van der Waals surface area contributed by atoms with Crippen LogP contribution in [-0.2, 0) is 21.2 Å². The summed E-state index contributed by atoms with van der Waals surface area (Å²) in [6.07, 6.45) is 0.318. The van der Waals surface area contributed by atoms with E-state index in [2.05, 4.69) is 5.32 Å². The van der Waals surface area contributed by atoms with Gasteiger partial charge in [-0.25, -0.2) is 12.7 Å². The topological polar surface area (TPSA) is 66.5 Å². The summed E-state index contributed by atoms with van der Waals surface area (Å²) in [6, 6.07) is 3.91. The number of carbonyl (C=O) groups excluding carboxylic acids is 1. The van der Waals surface area contributed by atoms with Gasteiger partial charge in [-0.05, 0) is 19.1 Å². The van der Waals surface area contributed by atoms with E-state index in [0.29, 0.717) is 19.5 Å². The van der Waals surface area contributed by atoms with Gasteiger partial charge in [0, 0.05) is 40.9 Å². The van der Waals surface area contributed by atoms with Gasteiger partial charge in [-0.15, -0.1) is 11.3 Å². The van der Waals surface area contributed by atoms with Crippen LogP contribution in [-0.4, -0.2) is 55.5 Å². The Hall–Kier alpha value is -0.570. The summed E-state index contributed by atoms with van der Waals surface area (Å²) in [6.45, 7) is 3.33. The van der Waals surface area contributed by atoms with Crippen LogP contribution in [0.3, 0.4) is 0 Å². The minimum atomic E-state index is -3.24. The molecule has 2 heterocycles. The van der Waals surface area contributed by atoms with Crippen LogP contribution >= 0.6 is 23.1 Å². The third-order valence-corrected chi connectivity index (χ3v) is 6.99. The molecule has 118 valence electrons. The predicted octanol–water partition coefficient (Wildman–Crippen LogP) is 1.09. The molecule has 1 aromatic heterocycles. The van der Waals surface area contributed by atoms with E-state index in [9.17, 15) is 13.2 Å². The van der Waals surface area contributed by atoms with Crippen molar-refractivity contribution in [1.82, 2.24) is 9.62 Å². The van der Waals surface area contributed by atoms with E-state index in [1.54, 1.807) is 23.1 Å². The first-order chi connectivity index (χ1) is 9.97. The van der Waals surface area contributed by atoms with Gasteiger partial charge in [0.2, 0.25) is 15.9 Å². The normalized spacial score (nSPS) is 16.8. The summed E-state index contributed by atoms with van der Waals surface area (Å²) in [5.74, 6) is 1.56. The van der Waals surface area contributed by atoms with E-state index in [0.717, 1.165) is 16.4 Å². The highest BCUT2D eigenvalue weighted by Crippen LogP contribution is 2.15. The Balaban J connectivity index is 1.74. The molecule has 1 N–H and O–H groups in total. The number of aryl methyl sites for hydroxylation is 1. The summed E-state index contributed by atoms with van der Waals surface area (Å²) in [5, 5.41) is 2.69. The molecular formula is C13H20N2O3S3. The Morgan fingerprint density at radius 2 is 2.05 bits per heavy atom. The number of hydrogen-bond acceptors (Lipinski definition) is 5. The lowest BCUT2D eigenvalue weighted by atomic mass is 10.3. The van der Waals surface area contributed by atoms with Crippen molar-refractivity contribution in [2.75, 3.05) is 36.9 Å². The van der Waals surface area contributed by atoms with Gasteiger partial charge >= 0.3 is 0 Å². The zero-order valence-corrected chi connectivity index (χ0v) is 14.5. The number of thiophene rings is 1. The fourth-order valence-electron chi connectivity index (χ4n) is 2.07. The number of thioether (sulfide) groups is 1. The van der Waals surface area contributed by atoms with Gasteiger partial charge in [0.25, 0.3) is 0 Å². The molecule has 1 aromatic rings. The molecule has 5 nitrogen and oxygen atoms in total. The van der Waals surface area contributed by atoms with Crippen LogP contribution in [0.4, 0.5) is 0 Å². The smallest absolute Gasteiger partial charge is 0.225 e. The standard InChI is InChI=1S/C13H20N2O3S3/c1-11-2-3-12(20-11)10-13(16)14-4-9-21(17,18)15-5-7-19-8-6-15/h2-3H,4-10H2,1H3,(H,14,16). The number of hydrogen-bond donors (Lipinski definition) is 1. The number of sulfonamides is 1. The Labute approximate surface area is 134 Å². The van der Waals surface area contributed by atoms with Crippen molar-refractivity contribution in [3.63, 3.8) is 0 Å². The van der Waals surface area contributed by atoms with Crippen LogP contribution in [0.2, 0.25) is 0 Å². The molecular weight excluding hydrogens is 328 g/mol. The zero-order chi connectivity index (χ0) is 15.3. The first-order valence-electron chi connectivity index (χ1n) is 6.85. The Bertz CT molecular complexity index is 577. The lowest BCUT2D eigenvalue weighted by molar-refractivity contribution is -0.120. The first kappa shape index (κ1) is 16.8. The van der Waals surface area contributed by atoms with Gasteiger partial charge in [0.1, 0.15) is 0 Å². The maximum absolute atomic E-state index is 12.1. The molecule has 21 heavy (non-hydrogen) atoms. The third kappa shape index (κ3) is 5.28. The molecule has 0 bridgehead atoms. The molecule has 0 aromatic carbocycles. The quantitative estimate of drug-likeness (QED) is 0.836. The van der Waals surface area contributed by atoms with E-state index >= 15 is 0 Å². The van der Waals surface area contributed by atoms with Gasteiger partial charge in [0.15, 0.2) is 0 Å². The fraction of sp³-hybridized carbons (Fsp3) is 0.615. The minimum absolute atomic E-state index is 0.0210. The Kier molecular flexibility index (Phi) is 6.09. The van der Waals surface area contributed by atoms with Crippen molar-refractivity contribution >= 4 is 39.0 Å². The Morgan fingerprint density at radius 3 is 2.67 bits per heavy atom. The van der Waals surface area contributed by atoms with E-state index in [1.165, 1.54) is 9.18 Å². The average molecular weight is 349 g/mol. The van der Waals surface area contributed by atoms with Gasteiger partial charge in [-0.2, -0.15) is 11.8 Å². The molecule has 0 saturated carbocycles. The second-order valence-electron chi connectivity index (χ2n) is 4.87. The van der Waals surface area contributed by atoms with Crippen molar-refractivity contribution in [1.29, 1.82) is 0 Å². The van der Waals surface area contributed by atoms with Crippen molar-refractivity contribution in [3.8, 4) is 0 Å². The number of amides is 1. The average Bonchev–Trinajstić information content (AvgIpc) is 2.85. The summed E-state index contributed by atoms with van der Waals surface area (Å²) in [5.41, 5.74) is 0. The fourth-order valence-corrected chi connectivity index (χ4v) is 5.45. The highest BCUT2D eigenvalue weighted by molar-refractivity contribution is 7.99. The van der Waals surface area contributed by atoms with Gasteiger partial charge in [-0.1, -0.05) is 0 Å². The summed E-state index contributed by atoms with van der Waals surface area (Å²) >= 11 is 3.36. The lowest BCUT2D eigenvalue weighted by Crippen LogP contribution is -2.42. The molecule has 0 atom stereocenters. The van der Waals surface area contributed by atoms with Crippen LogP contribution in [0, 0.1) is 6.92 Å². The molecule has 0 spiro atoms. The van der Waals surface area contributed by atoms with Crippen LogP contribution in [0.15, 0.2) is 12.1 Å². The van der Waals surface area contributed by atoms with E-state index < -0.39 is 10.0 Å². The maximum atomic E-state index is 12.1.